The number of rotatable bonds is 0. The van der Waals surface area contributed by atoms with Gasteiger partial charge in [-0.2, -0.15) is 0 Å². The minimum atomic E-state index is 0.910. The summed E-state index contributed by atoms with van der Waals surface area (Å²) < 4.78 is 1.18. The number of hydrogen-bond donors (Lipinski definition) is 1. The Balaban J connectivity index is 3.46. The molecule has 0 saturated heterocycles. The Bertz CT molecular complexity index is 266. The Morgan fingerprint density at radius 1 is 1.09 bits per heavy atom. The number of nitrogens with zero attached hydrogens (tertiary/aromatic N) is 1. The summed E-state index contributed by atoms with van der Waals surface area (Å²) >= 11 is 0. The van der Waals surface area contributed by atoms with Crippen LogP contribution < -0.4 is 4.73 Å². The lowest BCUT2D eigenvalue weighted by Crippen LogP contribution is -2.35. The van der Waals surface area contributed by atoms with E-state index in [0.29, 0.717) is 0 Å². The van der Waals surface area contributed by atoms with Gasteiger partial charge >= 0.3 is 0 Å². The Kier molecular flexibility index (Phi) is 1.85. The summed E-state index contributed by atoms with van der Waals surface area (Å²) in [5, 5.41) is 9.32. The highest BCUT2D eigenvalue weighted by molar-refractivity contribution is 5.29. The normalized spacial score (nSPS) is 10.2. The number of aryl methyl sites for hydroxylation is 1. The number of pyridine rings is 1. The fourth-order valence-electron chi connectivity index (χ4n) is 1.12. The molecule has 0 spiro atoms. The number of hydrogen-bond acceptors (Lipinski definition) is 1. The van der Waals surface area contributed by atoms with Crippen molar-refractivity contribution >= 4 is 0 Å². The second-order valence-electron chi connectivity index (χ2n) is 2.99. The lowest BCUT2D eigenvalue weighted by Gasteiger charge is -2.02. The van der Waals surface area contributed by atoms with Gasteiger partial charge in [0.15, 0.2) is 0 Å². The van der Waals surface area contributed by atoms with Crippen molar-refractivity contribution in [1.82, 2.24) is 0 Å². The topological polar surface area (TPSA) is 24.1 Å². The van der Waals surface area contributed by atoms with E-state index < -0.39 is 0 Å². The van der Waals surface area contributed by atoms with Gasteiger partial charge in [0.1, 0.15) is 0 Å². The van der Waals surface area contributed by atoms with Gasteiger partial charge in [-0.25, -0.2) is 0 Å². The van der Waals surface area contributed by atoms with Crippen LogP contribution in [-0.4, -0.2) is 5.21 Å². The van der Waals surface area contributed by atoms with Gasteiger partial charge in [-0.15, -0.1) is 0 Å². The van der Waals surface area contributed by atoms with E-state index in [0.717, 1.165) is 16.8 Å². The van der Waals surface area contributed by atoms with Crippen LogP contribution in [0.4, 0.5) is 0 Å². The average Bonchev–Trinajstić information content (AvgIpc) is 1.97. The largest absolute Gasteiger partial charge is 0.285 e. The van der Waals surface area contributed by atoms with Gasteiger partial charge in [-0.05, 0) is 26.3 Å². The fourth-order valence-corrected chi connectivity index (χ4v) is 1.12. The van der Waals surface area contributed by atoms with Crippen molar-refractivity contribution in [3.63, 3.8) is 0 Å². The standard InChI is InChI=1S/C9H14NO/c1-6-5-10(11)9(4)8(3)7(6)2/h5,11H,1-4H3/q+1. The lowest BCUT2D eigenvalue weighted by atomic mass is 10.1. The molecule has 0 aliphatic heterocycles. The molecule has 0 bridgehead atoms. The zero-order chi connectivity index (χ0) is 8.59. The maximum absolute atomic E-state index is 9.32. The van der Waals surface area contributed by atoms with Crippen molar-refractivity contribution in [3.05, 3.63) is 28.6 Å². The predicted octanol–water partition coefficient (Wildman–Crippen LogP) is 1.45. The summed E-state index contributed by atoms with van der Waals surface area (Å²) in [5.74, 6) is 0. The Hall–Kier alpha value is -1.05. The summed E-state index contributed by atoms with van der Waals surface area (Å²) in [6, 6.07) is 0. The SMILES string of the molecule is Cc1c[n+](O)c(C)c(C)c1C. The summed E-state index contributed by atoms with van der Waals surface area (Å²) in [4.78, 5) is 0. The zero-order valence-corrected chi connectivity index (χ0v) is 7.47. The minimum absolute atomic E-state index is 0.910. The molecular formula is C9H14NO+. The van der Waals surface area contributed by atoms with Gasteiger partial charge in [0, 0.05) is 22.8 Å². The van der Waals surface area contributed by atoms with Crippen molar-refractivity contribution in [3.8, 4) is 0 Å². The maximum atomic E-state index is 9.32. The van der Waals surface area contributed by atoms with Gasteiger partial charge in [0.05, 0.1) is 0 Å². The van der Waals surface area contributed by atoms with Crippen LogP contribution in [0.15, 0.2) is 6.20 Å². The fraction of sp³-hybridized carbons (Fsp3) is 0.444. The molecule has 0 saturated carbocycles. The van der Waals surface area contributed by atoms with Crippen molar-refractivity contribution in [2.45, 2.75) is 27.7 Å². The molecule has 1 N–H and O–H groups in total. The molecule has 1 aromatic rings. The van der Waals surface area contributed by atoms with Crippen LogP contribution in [0.5, 0.6) is 0 Å². The molecule has 0 amide bonds. The predicted molar refractivity (Wildman–Crippen MR) is 42.8 cm³/mol. The first kappa shape index (κ1) is 8.05. The van der Waals surface area contributed by atoms with E-state index in [1.807, 2.05) is 20.8 Å². The maximum Gasteiger partial charge on any atom is 0.234 e. The van der Waals surface area contributed by atoms with Crippen LogP contribution >= 0.6 is 0 Å². The first-order valence-electron chi connectivity index (χ1n) is 3.72. The lowest BCUT2D eigenvalue weighted by molar-refractivity contribution is -0.909. The first-order valence-corrected chi connectivity index (χ1v) is 3.72. The summed E-state index contributed by atoms with van der Waals surface area (Å²) in [5.41, 5.74) is 4.45. The van der Waals surface area contributed by atoms with E-state index in [1.54, 1.807) is 6.20 Å². The van der Waals surface area contributed by atoms with Crippen LogP contribution in [0, 0.1) is 27.7 Å². The second kappa shape index (κ2) is 2.53. The van der Waals surface area contributed by atoms with Crippen LogP contribution in [0.25, 0.3) is 0 Å². The van der Waals surface area contributed by atoms with Gasteiger partial charge < -0.3 is 0 Å². The molecule has 0 atom stereocenters. The van der Waals surface area contributed by atoms with E-state index in [-0.39, 0.29) is 0 Å². The van der Waals surface area contributed by atoms with E-state index in [1.165, 1.54) is 10.3 Å². The molecular weight excluding hydrogens is 138 g/mol. The van der Waals surface area contributed by atoms with E-state index in [9.17, 15) is 5.21 Å². The molecule has 0 aliphatic rings. The Morgan fingerprint density at radius 3 is 2.18 bits per heavy atom. The summed E-state index contributed by atoms with van der Waals surface area (Å²) in [7, 11) is 0. The molecule has 1 heterocycles. The van der Waals surface area contributed by atoms with Gasteiger partial charge in [0.25, 0.3) is 0 Å². The monoisotopic (exact) mass is 152 g/mol. The molecule has 60 valence electrons. The highest BCUT2D eigenvalue weighted by Crippen LogP contribution is 2.11. The second-order valence-corrected chi connectivity index (χ2v) is 2.99. The Labute approximate surface area is 67.1 Å². The third-order valence-corrected chi connectivity index (χ3v) is 2.36. The molecule has 1 aromatic heterocycles. The van der Waals surface area contributed by atoms with Crippen molar-refractivity contribution in [1.29, 1.82) is 0 Å². The molecule has 0 unspecified atom stereocenters. The molecule has 0 aliphatic carbocycles. The zero-order valence-electron chi connectivity index (χ0n) is 7.47. The molecule has 0 fully saturated rings. The third kappa shape index (κ3) is 1.20. The molecule has 11 heavy (non-hydrogen) atoms. The van der Waals surface area contributed by atoms with Gasteiger partial charge in [-0.1, -0.05) is 0 Å². The van der Waals surface area contributed by atoms with Crippen LogP contribution in [0.1, 0.15) is 22.4 Å². The van der Waals surface area contributed by atoms with Gasteiger partial charge in [0.2, 0.25) is 11.9 Å². The highest BCUT2D eigenvalue weighted by Gasteiger charge is 2.12. The highest BCUT2D eigenvalue weighted by atomic mass is 16.5. The summed E-state index contributed by atoms with van der Waals surface area (Å²) in [6.07, 6.45) is 1.73. The average molecular weight is 152 g/mol. The van der Waals surface area contributed by atoms with Crippen molar-refractivity contribution < 1.29 is 9.94 Å². The van der Waals surface area contributed by atoms with E-state index in [4.69, 9.17) is 0 Å². The van der Waals surface area contributed by atoms with Crippen molar-refractivity contribution in [2.24, 2.45) is 0 Å². The Morgan fingerprint density at radius 2 is 1.64 bits per heavy atom. The van der Waals surface area contributed by atoms with E-state index in [2.05, 4.69) is 6.92 Å². The number of aromatic nitrogens is 1. The summed E-state index contributed by atoms with van der Waals surface area (Å²) in [6.45, 7) is 7.98. The third-order valence-electron chi connectivity index (χ3n) is 2.36. The van der Waals surface area contributed by atoms with Crippen LogP contribution in [0.3, 0.4) is 0 Å². The molecule has 0 radical (unpaired) electrons. The van der Waals surface area contributed by atoms with Gasteiger partial charge in [-0.3, -0.25) is 5.21 Å². The molecule has 1 rings (SSSR count). The van der Waals surface area contributed by atoms with Crippen LogP contribution in [-0.2, 0) is 0 Å². The minimum Gasteiger partial charge on any atom is -0.285 e. The quantitative estimate of drug-likeness (QED) is 0.441. The van der Waals surface area contributed by atoms with Crippen LogP contribution in [0.2, 0.25) is 0 Å². The molecule has 2 heteroatoms. The smallest absolute Gasteiger partial charge is 0.234 e. The molecule has 0 aromatic carbocycles. The van der Waals surface area contributed by atoms with Crippen molar-refractivity contribution in [2.75, 3.05) is 0 Å². The van der Waals surface area contributed by atoms with E-state index >= 15 is 0 Å². The first-order chi connectivity index (χ1) is 5.04. The molecule has 2 nitrogen and oxygen atoms in total.